The van der Waals surface area contributed by atoms with Crippen molar-refractivity contribution in [2.45, 2.75) is 13.5 Å². The minimum Gasteiger partial charge on any atom is -0.485 e. The molecule has 0 amide bonds. The van der Waals surface area contributed by atoms with Crippen LogP contribution in [0, 0.1) is 12.7 Å². The molecule has 32 heavy (non-hydrogen) atoms. The zero-order valence-electron chi connectivity index (χ0n) is 17.0. The molecule has 0 saturated carbocycles. The Morgan fingerprint density at radius 2 is 1.81 bits per heavy atom. The normalized spacial score (nSPS) is 11.1. The van der Waals surface area contributed by atoms with Crippen molar-refractivity contribution in [3.63, 3.8) is 0 Å². The van der Waals surface area contributed by atoms with E-state index < -0.39 is 5.63 Å². The number of nitrogens with zero attached hydrogens (tertiary/aromatic N) is 2. The number of para-hydroxylation sites is 1. The first kappa shape index (κ1) is 19.7. The SMILES string of the molecule is Cc1ccc(-c2noc(-c3cc4cccc(OCc5cccc(F)c5)c4oc3=O)n2)cc1. The van der Waals surface area contributed by atoms with Gasteiger partial charge in [0.25, 0.3) is 5.89 Å². The molecule has 6 nitrogen and oxygen atoms in total. The number of aromatic nitrogens is 2. The smallest absolute Gasteiger partial charge is 0.349 e. The lowest BCUT2D eigenvalue weighted by molar-refractivity contribution is 0.303. The topological polar surface area (TPSA) is 78.4 Å². The monoisotopic (exact) mass is 428 g/mol. The van der Waals surface area contributed by atoms with E-state index in [2.05, 4.69) is 10.1 Å². The van der Waals surface area contributed by atoms with Crippen molar-refractivity contribution in [1.29, 1.82) is 0 Å². The highest BCUT2D eigenvalue weighted by Gasteiger charge is 2.17. The van der Waals surface area contributed by atoms with E-state index in [1.165, 1.54) is 12.1 Å². The van der Waals surface area contributed by atoms with Gasteiger partial charge in [-0.2, -0.15) is 4.98 Å². The molecule has 3 aromatic carbocycles. The van der Waals surface area contributed by atoms with E-state index in [-0.39, 0.29) is 29.5 Å². The first-order valence-corrected chi connectivity index (χ1v) is 9.92. The van der Waals surface area contributed by atoms with Crippen LogP contribution in [-0.4, -0.2) is 10.1 Å². The molecule has 0 atom stereocenters. The highest BCUT2D eigenvalue weighted by molar-refractivity contribution is 5.85. The number of halogens is 1. The molecule has 0 N–H and O–H groups in total. The maximum absolute atomic E-state index is 13.4. The summed E-state index contributed by atoms with van der Waals surface area (Å²) in [5.74, 6) is 0.486. The number of fused-ring (bicyclic) bond motifs is 1. The number of ether oxygens (including phenoxy) is 1. The molecule has 2 aromatic heterocycles. The standard InChI is InChI=1S/C25H17FN2O4/c1-15-8-10-17(11-9-15)23-27-24(32-28-23)20-13-18-5-3-7-21(22(18)31-25(20)29)30-14-16-4-2-6-19(26)12-16/h2-13H,14H2,1H3. The fourth-order valence-electron chi connectivity index (χ4n) is 3.32. The molecule has 2 heterocycles. The zero-order chi connectivity index (χ0) is 22.1. The highest BCUT2D eigenvalue weighted by atomic mass is 19.1. The van der Waals surface area contributed by atoms with Crippen LogP contribution in [0.1, 0.15) is 11.1 Å². The number of hydrogen-bond acceptors (Lipinski definition) is 6. The van der Waals surface area contributed by atoms with Gasteiger partial charge in [0.1, 0.15) is 18.0 Å². The number of aryl methyl sites for hydroxylation is 1. The van der Waals surface area contributed by atoms with Crippen molar-refractivity contribution in [3.05, 3.63) is 100 Å². The molecule has 0 radical (unpaired) electrons. The molecule has 0 saturated heterocycles. The van der Waals surface area contributed by atoms with Crippen LogP contribution in [-0.2, 0) is 6.61 Å². The molecule has 0 spiro atoms. The molecular formula is C25H17FN2O4. The Labute approximate surface area is 181 Å². The fourth-order valence-corrected chi connectivity index (χ4v) is 3.32. The Hall–Kier alpha value is -4.26. The van der Waals surface area contributed by atoms with Crippen molar-refractivity contribution in [1.82, 2.24) is 10.1 Å². The first-order chi connectivity index (χ1) is 15.6. The second kappa shape index (κ2) is 8.11. The van der Waals surface area contributed by atoms with Crippen LogP contribution in [0.25, 0.3) is 33.8 Å². The number of hydrogen-bond donors (Lipinski definition) is 0. The van der Waals surface area contributed by atoms with Crippen LogP contribution in [0.15, 0.2) is 86.5 Å². The van der Waals surface area contributed by atoms with Gasteiger partial charge in [-0.3, -0.25) is 0 Å². The van der Waals surface area contributed by atoms with Crippen LogP contribution in [0.2, 0.25) is 0 Å². The van der Waals surface area contributed by atoms with E-state index in [0.29, 0.717) is 22.5 Å². The van der Waals surface area contributed by atoms with Gasteiger partial charge in [-0.05, 0) is 36.8 Å². The molecule has 0 unspecified atom stereocenters. The van der Waals surface area contributed by atoms with Crippen molar-refractivity contribution in [3.8, 4) is 28.6 Å². The van der Waals surface area contributed by atoms with Gasteiger partial charge in [-0.1, -0.05) is 59.3 Å². The maximum Gasteiger partial charge on any atom is 0.349 e. The summed E-state index contributed by atoms with van der Waals surface area (Å²) in [6, 6.07) is 20.7. The van der Waals surface area contributed by atoms with E-state index in [1.807, 2.05) is 31.2 Å². The van der Waals surface area contributed by atoms with Gasteiger partial charge in [0, 0.05) is 10.9 Å². The Kier molecular flexibility index (Phi) is 4.99. The molecular weight excluding hydrogens is 411 g/mol. The summed E-state index contributed by atoms with van der Waals surface area (Å²) in [6.45, 7) is 2.12. The molecule has 0 aliphatic carbocycles. The second-order valence-corrected chi connectivity index (χ2v) is 7.33. The molecule has 0 aliphatic heterocycles. The van der Waals surface area contributed by atoms with E-state index in [4.69, 9.17) is 13.7 Å². The van der Waals surface area contributed by atoms with E-state index in [1.54, 1.807) is 36.4 Å². The molecule has 0 aliphatic rings. The minimum atomic E-state index is -0.626. The highest BCUT2D eigenvalue weighted by Crippen LogP contribution is 2.29. The summed E-state index contributed by atoms with van der Waals surface area (Å²) in [4.78, 5) is 17.0. The first-order valence-electron chi connectivity index (χ1n) is 9.92. The van der Waals surface area contributed by atoms with E-state index in [9.17, 15) is 9.18 Å². The predicted octanol–water partition coefficient (Wildman–Crippen LogP) is 5.54. The molecule has 0 bridgehead atoms. The molecule has 158 valence electrons. The third-order valence-electron chi connectivity index (χ3n) is 4.97. The quantitative estimate of drug-likeness (QED) is 0.342. The summed E-state index contributed by atoms with van der Waals surface area (Å²) in [5.41, 5.74) is 2.38. The van der Waals surface area contributed by atoms with E-state index in [0.717, 1.165) is 11.1 Å². The van der Waals surface area contributed by atoms with Crippen LogP contribution in [0.5, 0.6) is 5.75 Å². The molecule has 5 aromatic rings. The average molecular weight is 428 g/mol. The Balaban J connectivity index is 1.47. The van der Waals surface area contributed by atoms with Gasteiger partial charge in [0.05, 0.1) is 0 Å². The van der Waals surface area contributed by atoms with Gasteiger partial charge in [-0.25, -0.2) is 9.18 Å². The van der Waals surface area contributed by atoms with Crippen molar-refractivity contribution in [2.75, 3.05) is 0 Å². The summed E-state index contributed by atoms with van der Waals surface area (Å²) in [7, 11) is 0. The third-order valence-corrected chi connectivity index (χ3v) is 4.97. The van der Waals surface area contributed by atoms with Crippen molar-refractivity contribution in [2.24, 2.45) is 0 Å². The Morgan fingerprint density at radius 1 is 1.00 bits per heavy atom. The number of benzene rings is 3. The Morgan fingerprint density at radius 3 is 2.62 bits per heavy atom. The van der Waals surface area contributed by atoms with Crippen molar-refractivity contribution < 1.29 is 18.1 Å². The van der Waals surface area contributed by atoms with Gasteiger partial charge in [-0.15, -0.1) is 0 Å². The minimum absolute atomic E-state index is 0.0716. The lowest BCUT2D eigenvalue weighted by Gasteiger charge is -2.08. The van der Waals surface area contributed by atoms with Gasteiger partial charge in [0.15, 0.2) is 11.3 Å². The average Bonchev–Trinajstić information content (AvgIpc) is 3.28. The predicted molar refractivity (Wildman–Crippen MR) is 117 cm³/mol. The Bertz CT molecular complexity index is 1470. The maximum atomic E-state index is 13.4. The van der Waals surface area contributed by atoms with Crippen molar-refractivity contribution >= 4 is 11.0 Å². The largest absolute Gasteiger partial charge is 0.485 e. The lowest BCUT2D eigenvalue weighted by atomic mass is 10.1. The van der Waals surface area contributed by atoms with Crippen LogP contribution >= 0.6 is 0 Å². The van der Waals surface area contributed by atoms with Crippen LogP contribution in [0.3, 0.4) is 0 Å². The van der Waals surface area contributed by atoms with Gasteiger partial charge < -0.3 is 13.7 Å². The van der Waals surface area contributed by atoms with Crippen LogP contribution < -0.4 is 10.4 Å². The summed E-state index contributed by atoms with van der Waals surface area (Å²) in [5, 5.41) is 4.61. The van der Waals surface area contributed by atoms with Gasteiger partial charge in [0.2, 0.25) is 5.82 Å². The van der Waals surface area contributed by atoms with Crippen LogP contribution in [0.4, 0.5) is 4.39 Å². The lowest BCUT2D eigenvalue weighted by Crippen LogP contribution is -2.04. The van der Waals surface area contributed by atoms with E-state index >= 15 is 0 Å². The molecule has 0 fully saturated rings. The fraction of sp³-hybridized carbons (Fsp3) is 0.0800. The number of rotatable bonds is 5. The summed E-state index contributed by atoms with van der Waals surface area (Å²) in [6.07, 6.45) is 0. The summed E-state index contributed by atoms with van der Waals surface area (Å²) < 4.78 is 30.0. The summed E-state index contributed by atoms with van der Waals surface area (Å²) >= 11 is 0. The third kappa shape index (κ3) is 3.88. The molecule has 7 heteroatoms. The van der Waals surface area contributed by atoms with Gasteiger partial charge >= 0.3 is 5.63 Å². The second-order valence-electron chi connectivity index (χ2n) is 7.33. The molecule has 5 rings (SSSR count). The zero-order valence-corrected chi connectivity index (χ0v) is 17.0.